The molecule has 1 atom stereocenters. The van der Waals surface area contributed by atoms with Crippen molar-refractivity contribution in [1.82, 2.24) is 15.2 Å². The van der Waals surface area contributed by atoms with Gasteiger partial charge in [-0.1, -0.05) is 6.07 Å². The minimum absolute atomic E-state index is 0.363. The Morgan fingerprint density at radius 1 is 1.60 bits per heavy atom. The Hall–Kier alpha value is -1.13. The average Bonchev–Trinajstić information content (AvgIpc) is 2.30. The number of ether oxygens (including phenoxy) is 1. The molecule has 0 radical (unpaired) electrons. The van der Waals surface area contributed by atoms with Gasteiger partial charge in [-0.3, -0.25) is 4.90 Å². The van der Waals surface area contributed by atoms with Crippen LogP contribution in [-0.4, -0.2) is 43.7 Å². The van der Waals surface area contributed by atoms with Gasteiger partial charge in [0.25, 0.3) is 0 Å². The van der Waals surface area contributed by atoms with Crippen LogP contribution in [0, 0.1) is 0 Å². The SMILES string of the molecule is COc1ncccc1C1CNCCN1C. The Balaban J connectivity index is 2.26. The number of aromatic nitrogens is 1. The highest BCUT2D eigenvalue weighted by Gasteiger charge is 2.23. The number of piperazine rings is 1. The number of pyridine rings is 1. The predicted octanol–water partition coefficient (Wildman–Crippen LogP) is 0.666. The van der Waals surface area contributed by atoms with Crippen molar-refractivity contribution in [2.24, 2.45) is 0 Å². The Morgan fingerprint density at radius 2 is 2.47 bits per heavy atom. The first kappa shape index (κ1) is 10.4. The summed E-state index contributed by atoms with van der Waals surface area (Å²) in [5.74, 6) is 0.734. The molecule has 1 aliphatic heterocycles. The Morgan fingerprint density at radius 3 is 3.20 bits per heavy atom. The summed E-state index contributed by atoms with van der Waals surface area (Å²) >= 11 is 0. The van der Waals surface area contributed by atoms with Crippen molar-refractivity contribution >= 4 is 0 Å². The third kappa shape index (κ3) is 2.11. The molecule has 1 N–H and O–H groups in total. The molecule has 0 bridgehead atoms. The molecule has 1 saturated heterocycles. The fourth-order valence-electron chi connectivity index (χ4n) is 1.98. The zero-order valence-corrected chi connectivity index (χ0v) is 9.23. The highest BCUT2D eigenvalue weighted by molar-refractivity contribution is 5.29. The molecule has 0 spiro atoms. The first-order valence-corrected chi connectivity index (χ1v) is 5.23. The van der Waals surface area contributed by atoms with Crippen molar-refractivity contribution in [3.05, 3.63) is 23.9 Å². The van der Waals surface area contributed by atoms with E-state index in [2.05, 4.69) is 28.3 Å². The van der Waals surface area contributed by atoms with E-state index in [0.717, 1.165) is 31.1 Å². The molecule has 4 nitrogen and oxygen atoms in total. The van der Waals surface area contributed by atoms with Crippen molar-refractivity contribution in [1.29, 1.82) is 0 Å². The van der Waals surface area contributed by atoms with E-state index in [1.54, 1.807) is 13.3 Å². The fourth-order valence-corrected chi connectivity index (χ4v) is 1.98. The highest BCUT2D eigenvalue weighted by atomic mass is 16.5. The van der Waals surface area contributed by atoms with Gasteiger partial charge in [-0.2, -0.15) is 0 Å². The fraction of sp³-hybridized carbons (Fsp3) is 0.545. The lowest BCUT2D eigenvalue weighted by molar-refractivity contribution is 0.197. The Labute approximate surface area is 90.3 Å². The van der Waals surface area contributed by atoms with Crippen LogP contribution in [0.15, 0.2) is 18.3 Å². The smallest absolute Gasteiger partial charge is 0.217 e. The molecule has 0 aliphatic carbocycles. The molecule has 1 fully saturated rings. The monoisotopic (exact) mass is 207 g/mol. The average molecular weight is 207 g/mol. The van der Waals surface area contributed by atoms with Gasteiger partial charge in [-0.15, -0.1) is 0 Å². The second kappa shape index (κ2) is 4.59. The lowest BCUT2D eigenvalue weighted by atomic mass is 10.1. The largest absolute Gasteiger partial charge is 0.481 e. The predicted molar refractivity (Wildman–Crippen MR) is 59.0 cm³/mol. The summed E-state index contributed by atoms with van der Waals surface area (Å²) < 4.78 is 5.28. The maximum atomic E-state index is 5.28. The highest BCUT2D eigenvalue weighted by Crippen LogP contribution is 2.26. The van der Waals surface area contributed by atoms with E-state index < -0.39 is 0 Å². The van der Waals surface area contributed by atoms with Crippen LogP contribution in [0.1, 0.15) is 11.6 Å². The summed E-state index contributed by atoms with van der Waals surface area (Å²) in [7, 11) is 3.81. The number of rotatable bonds is 2. The van der Waals surface area contributed by atoms with Crippen LogP contribution in [0.3, 0.4) is 0 Å². The number of methoxy groups -OCH3 is 1. The standard InChI is InChI=1S/C11H17N3O/c1-14-7-6-12-8-10(14)9-4-3-5-13-11(9)15-2/h3-5,10,12H,6-8H2,1-2H3. The number of nitrogens with zero attached hydrogens (tertiary/aromatic N) is 2. The van der Waals surface area contributed by atoms with Gasteiger partial charge in [0, 0.05) is 31.4 Å². The second-order valence-corrected chi connectivity index (χ2v) is 3.80. The molecule has 1 unspecified atom stereocenters. The van der Waals surface area contributed by atoms with Gasteiger partial charge in [-0.05, 0) is 13.1 Å². The summed E-state index contributed by atoms with van der Waals surface area (Å²) in [5.41, 5.74) is 1.16. The molecule has 4 heteroatoms. The van der Waals surface area contributed by atoms with Gasteiger partial charge in [0.15, 0.2) is 0 Å². The lowest BCUT2D eigenvalue weighted by Crippen LogP contribution is -2.43. The van der Waals surface area contributed by atoms with Crippen LogP contribution in [0.2, 0.25) is 0 Å². The summed E-state index contributed by atoms with van der Waals surface area (Å²) in [5, 5.41) is 3.39. The molecule has 82 valence electrons. The lowest BCUT2D eigenvalue weighted by Gasteiger charge is -2.33. The topological polar surface area (TPSA) is 37.4 Å². The number of likely N-dealkylation sites (N-methyl/N-ethyl adjacent to an activating group) is 1. The first-order chi connectivity index (χ1) is 7.33. The summed E-state index contributed by atoms with van der Waals surface area (Å²) in [6, 6.07) is 4.41. The summed E-state index contributed by atoms with van der Waals surface area (Å²) in [6.45, 7) is 3.07. The van der Waals surface area contributed by atoms with Gasteiger partial charge in [-0.25, -0.2) is 4.98 Å². The maximum absolute atomic E-state index is 5.28. The third-order valence-corrected chi connectivity index (χ3v) is 2.86. The van der Waals surface area contributed by atoms with E-state index in [0.29, 0.717) is 6.04 Å². The minimum atomic E-state index is 0.363. The van der Waals surface area contributed by atoms with Crippen molar-refractivity contribution in [2.75, 3.05) is 33.8 Å². The molecule has 1 aliphatic rings. The second-order valence-electron chi connectivity index (χ2n) is 3.80. The van der Waals surface area contributed by atoms with E-state index in [4.69, 9.17) is 4.74 Å². The minimum Gasteiger partial charge on any atom is -0.481 e. The van der Waals surface area contributed by atoms with Gasteiger partial charge in [0.2, 0.25) is 5.88 Å². The van der Waals surface area contributed by atoms with Crippen molar-refractivity contribution in [3.63, 3.8) is 0 Å². The zero-order valence-electron chi connectivity index (χ0n) is 9.23. The normalized spacial score (nSPS) is 22.7. The Kier molecular flexibility index (Phi) is 3.18. The van der Waals surface area contributed by atoms with E-state index >= 15 is 0 Å². The first-order valence-electron chi connectivity index (χ1n) is 5.23. The molecule has 0 saturated carbocycles. The maximum Gasteiger partial charge on any atom is 0.217 e. The summed E-state index contributed by atoms with van der Waals surface area (Å²) in [6.07, 6.45) is 1.76. The van der Waals surface area contributed by atoms with Crippen LogP contribution in [0.4, 0.5) is 0 Å². The summed E-state index contributed by atoms with van der Waals surface area (Å²) in [4.78, 5) is 6.56. The van der Waals surface area contributed by atoms with E-state index in [1.165, 1.54) is 0 Å². The molecule has 2 heterocycles. The van der Waals surface area contributed by atoms with Gasteiger partial charge < -0.3 is 10.1 Å². The van der Waals surface area contributed by atoms with Crippen LogP contribution < -0.4 is 10.1 Å². The van der Waals surface area contributed by atoms with Crippen LogP contribution in [0.25, 0.3) is 0 Å². The Bertz CT molecular complexity index is 329. The molecular weight excluding hydrogens is 190 g/mol. The van der Waals surface area contributed by atoms with E-state index in [-0.39, 0.29) is 0 Å². The number of hydrogen-bond acceptors (Lipinski definition) is 4. The van der Waals surface area contributed by atoms with E-state index in [9.17, 15) is 0 Å². The molecule has 2 rings (SSSR count). The van der Waals surface area contributed by atoms with Crippen molar-refractivity contribution in [2.45, 2.75) is 6.04 Å². The molecule has 0 amide bonds. The molecule has 1 aromatic rings. The third-order valence-electron chi connectivity index (χ3n) is 2.86. The van der Waals surface area contributed by atoms with Crippen LogP contribution in [-0.2, 0) is 0 Å². The van der Waals surface area contributed by atoms with Crippen LogP contribution >= 0.6 is 0 Å². The zero-order chi connectivity index (χ0) is 10.7. The quantitative estimate of drug-likeness (QED) is 0.773. The van der Waals surface area contributed by atoms with Gasteiger partial charge in [0.05, 0.1) is 13.2 Å². The van der Waals surface area contributed by atoms with E-state index in [1.807, 2.05) is 6.07 Å². The van der Waals surface area contributed by atoms with Crippen LogP contribution in [0.5, 0.6) is 5.88 Å². The molecule has 1 aromatic heterocycles. The van der Waals surface area contributed by atoms with Gasteiger partial charge in [0.1, 0.15) is 0 Å². The van der Waals surface area contributed by atoms with Crippen molar-refractivity contribution in [3.8, 4) is 5.88 Å². The molecular formula is C11H17N3O. The molecule has 0 aromatic carbocycles. The number of nitrogens with one attached hydrogen (secondary N) is 1. The molecule has 15 heavy (non-hydrogen) atoms. The van der Waals surface area contributed by atoms with Gasteiger partial charge >= 0.3 is 0 Å². The number of hydrogen-bond donors (Lipinski definition) is 1. The van der Waals surface area contributed by atoms with Crippen molar-refractivity contribution < 1.29 is 4.74 Å².